The summed E-state index contributed by atoms with van der Waals surface area (Å²) in [6, 6.07) is 14.4. The zero-order chi connectivity index (χ0) is 13.9. The van der Waals surface area contributed by atoms with Gasteiger partial charge < -0.3 is 10.5 Å². The standard InChI is InChI=1S/C16H13FN2O/c17-15-12(5-1-7-13(15)18)10-20-14-8-2-4-11-6-3-9-19-16(11)14/h1-9H,10,18H2. The number of ether oxygens (including phenoxy) is 1. The number of benzene rings is 2. The highest BCUT2D eigenvalue weighted by molar-refractivity contribution is 5.84. The number of hydrogen-bond donors (Lipinski definition) is 1. The number of halogens is 1. The molecule has 0 radical (unpaired) electrons. The summed E-state index contributed by atoms with van der Waals surface area (Å²) < 4.78 is 19.5. The first-order chi connectivity index (χ1) is 9.75. The molecule has 4 heteroatoms. The molecule has 3 aromatic rings. The summed E-state index contributed by atoms with van der Waals surface area (Å²) in [4.78, 5) is 4.29. The van der Waals surface area contributed by atoms with Gasteiger partial charge in [0.05, 0.1) is 5.69 Å². The summed E-state index contributed by atoms with van der Waals surface area (Å²) >= 11 is 0. The van der Waals surface area contributed by atoms with Crippen LogP contribution in [0.2, 0.25) is 0 Å². The molecule has 0 aliphatic heterocycles. The fraction of sp³-hybridized carbons (Fsp3) is 0.0625. The fourth-order valence-corrected chi connectivity index (χ4v) is 2.06. The molecule has 0 bridgehead atoms. The minimum atomic E-state index is -0.430. The van der Waals surface area contributed by atoms with Crippen LogP contribution >= 0.6 is 0 Å². The molecule has 0 atom stereocenters. The van der Waals surface area contributed by atoms with Crippen molar-refractivity contribution in [3.05, 3.63) is 66.1 Å². The lowest BCUT2D eigenvalue weighted by Crippen LogP contribution is -2.02. The summed E-state index contributed by atoms with van der Waals surface area (Å²) in [6.45, 7) is 0.118. The van der Waals surface area contributed by atoms with Gasteiger partial charge in [-0.1, -0.05) is 30.3 Å². The van der Waals surface area contributed by atoms with Crippen LogP contribution in [0.5, 0.6) is 5.75 Å². The molecule has 0 saturated carbocycles. The molecule has 0 spiro atoms. The van der Waals surface area contributed by atoms with E-state index >= 15 is 0 Å². The highest BCUT2D eigenvalue weighted by Gasteiger charge is 2.08. The Hall–Kier alpha value is -2.62. The molecule has 0 aliphatic rings. The molecule has 0 aliphatic carbocycles. The molecular weight excluding hydrogens is 255 g/mol. The predicted molar refractivity (Wildman–Crippen MR) is 76.9 cm³/mol. The highest BCUT2D eigenvalue weighted by atomic mass is 19.1. The second-order valence-corrected chi connectivity index (χ2v) is 4.44. The molecule has 1 heterocycles. The van der Waals surface area contributed by atoms with E-state index in [0.717, 1.165) is 10.9 Å². The number of nitrogen functional groups attached to an aromatic ring is 1. The van der Waals surface area contributed by atoms with Crippen LogP contribution in [0.3, 0.4) is 0 Å². The van der Waals surface area contributed by atoms with Crippen LogP contribution < -0.4 is 10.5 Å². The number of rotatable bonds is 3. The van der Waals surface area contributed by atoms with Gasteiger partial charge in [-0.3, -0.25) is 4.98 Å². The van der Waals surface area contributed by atoms with Crippen LogP contribution in [0.25, 0.3) is 10.9 Å². The highest BCUT2D eigenvalue weighted by Crippen LogP contribution is 2.24. The third-order valence-corrected chi connectivity index (χ3v) is 3.09. The van der Waals surface area contributed by atoms with Crippen molar-refractivity contribution in [1.29, 1.82) is 0 Å². The van der Waals surface area contributed by atoms with Crippen molar-refractivity contribution in [3.63, 3.8) is 0 Å². The number of hydrogen-bond acceptors (Lipinski definition) is 3. The van der Waals surface area contributed by atoms with Gasteiger partial charge in [-0.2, -0.15) is 0 Å². The molecule has 2 N–H and O–H groups in total. The van der Waals surface area contributed by atoms with Crippen molar-refractivity contribution in [2.75, 3.05) is 5.73 Å². The quantitative estimate of drug-likeness (QED) is 0.739. The van der Waals surface area contributed by atoms with Crippen molar-refractivity contribution in [2.45, 2.75) is 6.61 Å². The SMILES string of the molecule is Nc1cccc(COc2cccc3cccnc23)c1F. The Morgan fingerprint density at radius 1 is 1.05 bits per heavy atom. The smallest absolute Gasteiger partial charge is 0.152 e. The van der Waals surface area contributed by atoms with Gasteiger partial charge >= 0.3 is 0 Å². The zero-order valence-electron chi connectivity index (χ0n) is 10.7. The van der Waals surface area contributed by atoms with Gasteiger partial charge in [0, 0.05) is 17.1 Å². The summed E-state index contributed by atoms with van der Waals surface area (Å²) in [6.07, 6.45) is 1.70. The average Bonchev–Trinajstić information content (AvgIpc) is 2.49. The number of anilines is 1. The van der Waals surface area contributed by atoms with E-state index in [0.29, 0.717) is 11.3 Å². The Balaban J connectivity index is 1.89. The lowest BCUT2D eigenvalue weighted by molar-refractivity contribution is 0.303. The van der Waals surface area contributed by atoms with E-state index in [2.05, 4.69) is 4.98 Å². The largest absolute Gasteiger partial charge is 0.487 e. The molecular formula is C16H13FN2O. The molecule has 20 heavy (non-hydrogen) atoms. The summed E-state index contributed by atoms with van der Waals surface area (Å²) in [5.74, 6) is 0.200. The van der Waals surface area contributed by atoms with E-state index in [-0.39, 0.29) is 12.3 Å². The van der Waals surface area contributed by atoms with Crippen molar-refractivity contribution in [2.24, 2.45) is 0 Å². The topological polar surface area (TPSA) is 48.1 Å². The Morgan fingerprint density at radius 3 is 2.75 bits per heavy atom. The molecule has 100 valence electrons. The lowest BCUT2D eigenvalue weighted by Gasteiger charge is -2.10. The summed E-state index contributed by atoms with van der Waals surface area (Å²) in [5.41, 5.74) is 6.86. The van der Waals surface area contributed by atoms with Crippen LogP contribution in [-0.4, -0.2) is 4.98 Å². The van der Waals surface area contributed by atoms with Gasteiger partial charge in [0.25, 0.3) is 0 Å². The van der Waals surface area contributed by atoms with Crippen LogP contribution in [0.4, 0.5) is 10.1 Å². The molecule has 3 nitrogen and oxygen atoms in total. The van der Waals surface area contributed by atoms with E-state index in [9.17, 15) is 4.39 Å². The second kappa shape index (κ2) is 5.17. The summed E-state index contributed by atoms with van der Waals surface area (Å²) in [7, 11) is 0. The van der Waals surface area contributed by atoms with Crippen molar-refractivity contribution >= 4 is 16.6 Å². The van der Waals surface area contributed by atoms with E-state index < -0.39 is 5.82 Å². The Labute approximate surface area is 115 Å². The first-order valence-corrected chi connectivity index (χ1v) is 6.25. The number of fused-ring (bicyclic) bond motifs is 1. The molecule has 0 amide bonds. The van der Waals surface area contributed by atoms with Gasteiger partial charge in [-0.15, -0.1) is 0 Å². The fourth-order valence-electron chi connectivity index (χ4n) is 2.06. The number of para-hydroxylation sites is 1. The minimum absolute atomic E-state index is 0.118. The van der Waals surface area contributed by atoms with E-state index in [4.69, 9.17) is 10.5 Å². The van der Waals surface area contributed by atoms with Crippen LogP contribution in [0.1, 0.15) is 5.56 Å². The Bertz CT molecular complexity index is 753. The third-order valence-electron chi connectivity index (χ3n) is 3.09. The maximum Gasteiger partial charge on any atom is 0.152 e. The number of nitrogens with two attached hydrogens (primary N) is 1. The van der Waals surface area contributed by atoms with Gasteiger partial charge in [-0.05, 0) is 18.2 Å². The van der Waals surface area contributed by atoms with E-state index in [1.54, 1.807) is 18.3 Å². The predicted octanol–water partition coefficient (Wildman–Crippen LogP) is 3.54. The minimum Gasteiger partial charge on any atom is -0.487 e. The maximum atomic E-state index is 13.8. The van der Waals surface area contributed by atoms with Gasteiger partial charge in [0.2, 0.25) is 0 Å². The number of aromatic nitrogens is 1. The van der Waals surface area contributed by atoms with Crippen molar-refractivity contribution in [3.8, 4) is 5.75 Å². The molecule has 2 aromatic carbocycles. The molecule has 0 saturated heterocycles. The molecule has 3 rings (SSSR count). The lowest BCUT2D eigenvalue weighted by atomic mass is 10.2. The maximum absolute atomic E-state index is 13.8. The van der Waals surface area contributed by atoms with Crippen LogP contribution in [-0.2, 0) is 6.61 Å². The van der Waals surface area contributed by atoms with Gasteiger partial charge in [0.1, 0.15) is 17.9 Å². The number of pyridine rings is 1. The third kappa shape index (κ3) is 2.28. The van der Waals surface area contributed by atoms with Crippen molar-refractivity contribution in [1.82, 2.24) is 4.98 Å². The summed E-state index contributed by atoms with van der Waals surface area (Å²) in [5, 5.41) is 0.984. The first kappa shape index (κ1) is 12.4. The van der Waals surface area contributed by atoms with E-state index in [1.165, 1.54) is 6.07 Å². The Morgan fingerprint density at radius 2 is 1.85 bits per heavy atom. The monoisotopic (exact) mass is 268 g/mol. The van der Waals surface area contributed by atoms with Gasteiger partial charge in [-0.25, -0.2) is 4.39 Å². The Kier molecular flexibility index (Phi) is 3.21. The zero-order valence-corrected chi connectivity index (χ0v) is 10.7. The first-order valence-electron chi connectivity index (χ1n) is 6.25. The van der Waals surface area contributed by atoms with Crippen molar-refractivity contribution < 1.29 is 9.13 Å². The molecule has 0 fully saturated rings. The van der Waals surface area contributed by atoms with Gasteiger partial charge in [0.15, 0.2) is 5.82 Å². The van der Waals surface area contributed by atoms with Crippen LogP contribution in [0.15, 0.2) is 54.7 Å². The number of nitrogens with zero attached hydrogens (tertiary/aromatic N) is 1. The molecule has 0 unspecified atom stereocenters. The second-order valence-electron chi connectivity index (χ2n) is 4.44. The van der Waals surface area contributed by atoms with Crippen LogP contribution in [0, 0.1) is 5.82 Å². The molecule has 1 aromatic heterocycles. The average molecular weight is 268 g/mol. The normalized spacial score (nSPS) is 10.7. The van der Waals surface area contributed by atoms with E-state index in [1.807, 2.05) is 30.3 Å².